The molecule has 2 unspecified atom stereocenters. The molecule has 1 N–H and O–H groups in total. The van der Waals surface area contributed by atoms with Gasteiger partial charge in [0.05, 0.1) is 25.9 Å². The molecule has 0 bridgehead atoms. The minimum atomic E-state index is -0.471. The molecule has 1 aliphatic rings. The van der Waals surface area contributed by atoms with Crippen LogP contribution < -0.4 is 4.74 Å². The van der Waals surface area contributed by atoms with Crippen LogP contribution in [0.4, 0.5) is 0 Å². The number of hydrogen-bond acceptors (Lipinski definition) is 4. The Morgan fingerprint density at radius 1 is 1.61 bits per heavy atom. The monoisotopic (exact) mass is 332 g/mol. The number of aliphatic hydroxyl groups excluding tert-OH is 1. The third-order valence-corrected chi connectivity index (χ3v) is 4.75. The molecule has 0 radical (unpaired) electrons. The van der Waals surface area contributed by atoms with Gasteiger partial charge in [-0.2, -0.15) is 11.8 Å². The van der Waals surface area contributed by atoms with Gasteiger partial charge < -0.3 is 14.6 Å². The molecule has 0 aliphatic carbocycles. The number of halogens is 1. The van der Waals surface area contributed by atoms with Crippen LogP contribution in [0.25, 0.3) is 0 Å². The van der Waals surface area contributed by atoms with E-state index in [9.17, 15) is 5.11 Å². The van der Waals surface area contributed by atoms with Crippen LogP contribution in [-0.4, -0.2) is 42.5 Å². The fraction of sp³-hybridized carbons (Fsp3) is 0.538. The summed E-state index contributed by atoms with van der Waals surface area (Å²) in [6, 6.07) is 5.79. The van der Waals surface area contributed by atoms with Crippen LogP contribution in [0.5, 0.6) is 5.75 Å². The van der Waals surface area contributed by atoms with Crippen molar-refractivity contribution >= 4 is 27.7 Å². The zero-order valence-corrected chi connectivity index (χ0v) is 12.7. The highest BCUT2D eigenvalue weighted by atomic mass is 79.9. The summed E-state index contributed by atoms with van der Waals surface area (Å²) in [6.45, 7) is 0.728. The summed E-state index contributed by atoms with van der Waals surface area (Å²) in [6.07, 6.45) is 0.0336. The van der Waals surface area contributed by atoms with Crippen LogP contribution in [0.1, 0.15) is 5.56 Å². The average molecular weight is 333 g/mol. The highest BCUT2D eigenvalue weighted by molar-refractivity contribution is 9.10. The van der Waals surface area contributed by atoms with E-state index in [2.05, 4.69) is 15.9 Å². The van der Waals surface area contributed by atoms with E-state index >= 15 is 0 Å². The molecule has 1 aromatic carbocycles. The number of rotatable bonds is 4. The maximum absolute atomic E-state index is 10.2. The van der Waals surface area contributed by atoms with E-state index in [1.807, 2.05) is 30.0 Å². The topological polar surface area (TPSA) is 38.7 Å². The molecule has 2 rings (SSSR count). The first kappa shape index (κ1) is 14.2. The minimum absolute atomic E-state index is 0.0677. The second kappa shape index (κ2) is 6.80. The van der Waals surface area contributed by atoms with Crippen molar-refractivity contribution in [2.24, 2.45) is 0 Å². The molecule has 100 valence electrons. The second-order valence-electron chi connectivity index (χ2n) is 4.21. The van der Waals surface area contributed by atoms with Gasteiger partial charge in [0.15, 0.2) is 0 Å². The first-order valence-electron chi connectivity index (χ1n) is 5.90. The van der Waals surface area contributed by atoms with Crippen molar-refractivity contribution < 1.29 is 14.6 Å². The molecule has 1 saturated heterocycles. The molecule has 1 fully saturated rings. The maximum atomic E-state index is 10.2. The lowest BCUT2D eigenvalue weighted by molar-refractivity contribution is -0.0208. The third-order valence-electron chi connectivity index (χ3n) is 2.95. The molecule has 0 amide bonds. The van der Waals surface area contributed by atoms with Gasteiger partial charge in [0.1, 0.15) is 5.75 Å². The van der Waals surface area contributed by atoms with Gasteiger partial charge in [0.25, 0.3) is 0 Å². The summed E-state index contributed by atoms with van der Waals surface area (Å²) in [5, 5.41) is 10.2. The molecule has 3 nitrogen and oxygen atoms in total. The van der Waals surface area contributed by atoms with E-state index in [1.54, 1.807) is 7.11 Å². The van der Waals surface area contributed by atoms with E-state index in [0.717, 1.165) is 33.9 Å². The van der Waals surface area contributed by atoms with E-state index in [-0.39, 0.29) is 6.10 Å². The smallest absolute Gasteiger partial charge is 0.119 e. The lowest BCUT2D eigenvalue weighted by Gasteiger charge is -2.27. The van der Waals surface area contributed by atoms with Crippen molar-refractivity contribution in [2.75, 3.05) is 25.2 Å². The van der Waals surface area contributed by atoms with Crippen molar-refractivity contribution in [3.8, 4) is 5.75 Å². The Morgan fingerprint density at radius 2 is 2.44 bits per heavy atom. The number of thioether (sulfide) groups is 1. The normalized spacial score (nSPS) is 21.6. The van der Waals surface area contributed by atoms with Gasteiger partial charge in [-0.15, -0.1) is 0 Å². The summed E-state index contributed by atoms with van der Waals surface area (Å²) < 4.78 is 11.8. The van der Waals surface area contributed by atoms with Crippen LogP contribution in [0.2, 0.25) is 0 Å². The first-order valence-corrected chi connectivity index (χ1v) is 7.85. The molecular weight excluding hydrogens is 316 g/mol. The number of hydrogen-bond donors (Lipinski definition) is 1. The Labute approximate surface area is 120 Å². The molecular formula is C13H17BrO3S. The number of ether oxygens (including phenoxy) is 2. The van der Waals surface area contributed by atoms with Gasteiger partial charge in [-0.25, -0.2) is 0 Å². The second-order valence-corrected chi connectivity index (χ2v) is 6.22. The summed E-state index contributed by atoms with van der Waals surface area (Å²) in [7, 11) is 1.64. The predicted molar refractivity (Wildman–Crippen MR) is 77.5 cm³/mol. The third kappa shape index (κ3) is 3.63. The summed E-state index contributed by atoms with van der Waals surface area (Å²) in [5.41, 5.74) is 1.04. The molecule has 0 spiro atoms. The minimum Gasteiger partial charge on any atom is -0.497 e. The molecule has 1 aliphatic heterocycles. The Kier molecular flexibility index (Phi) is 5.36. The highest BCUT2D eigenvalue weighted by Gasteiger charge is 2.23. The largest absolute Gasteiger partial charge is 0.497 e. The highest BCUT2D eigenvalue weighted by Crippen LogP contribution is 2.25. The summed E-state index contributed by atoms with van der Waals surface area (Å²) in [5.74, 6) is 2.69. The lowest BCUT2D eigenvalue weighted by atomic mass is 10.0. The van der Waals surface area contributed by atoms with Gasteiger partial charge in [-0.05, 0) is 23.8 Å². The quantitative estimate of drug-likeness (QED) is 0.919. The number of benzene rings is 1. The Balaban J connectivity index is 2.03. The van der Waals surface area contributed by atoms with Gasteiger partial charge in [0, 0.05) is 22.4 Å². The standard InChI is InChI=1S/C13H17BrO3S/c1-16-10-2-3-11(14)9(6-10)7-12(15)13-8-18-5-4-17-13/h2-3,6,12-13,15H,4-5,7-8H2,1H3. The van der Waals surface area contributed by atoms with Crippen molar-refractivity contribution in [1.82, 2.24) is 0 Å². The lowest BCUT2D eigenvalue weighted by Crippen LogP contribution is -2.36. The Morgan fingerprint density at radius 3 is 3.11 bits per heavy atom. The predicted octanol–water partition coefficient (Wildman–Crippen LogP) is 2.49. The van der Waals surface area contributed by atoms with Crippen LogP contribution in [0, 0.1) is 0 Å². The fourth-order valence-corrected chi connectivity index (χ4v) is 3.26. The molecule has 1 heterocycles. The first-order chi connectivity index (χ1) is 8.70. The van der Waals surface area contributed by atoms with Gasteiger partial charge >= 0.3 is 0 Å². The van der Waals surface area contributed by atoms with Gasteiger partial charge in [0.2, 0.25) is 0 Å². The van der Waals surface area contributed by atoms with Crippen molar-refractivity contribution in [3.63, 3.8) is 0 Å². The molecule has 0 saturated carbocycles. The zero-order chi connectivity index (χ0) is 13.0. The molecule has 0 aromatic heterocycles. The van der Waals surface area contributed by atoms with E-state index in [4.69, 9.17) is 9.47 Å². The average Bonchev–Trinajstić information content (AvgIpc) is 2.42. The summed E-state index contributed by atoms with van der Waals surface area (Å²) in [4.78, 5) is 0. The summed E-state index contributed by atoms with van der Waals surface area (Å²) >= 11 is 5.33. The number of methoxy groups -OCH3 is 1. The van der Waals surface area contributed by atoms with E-state index in [0.29, 0.717) is 6.42 Å². The van der Waals surface area contributed by atoms with Gasteiger partial charge in [-0.1, -0.05) is 15.9 Å². The van der Waals surface area contributed by atoms with Crippen LogP contribution in [0.3, 0.4) is 0 Å². The van der Waals surface area contributed by atoms with Gasteiger partial charge in [-0.3, -0.25) is 0 Å². The van der Waals surface area contributed by atoms with Crippen molar-refractivity contribution in [2.45, 2.75) is 18.6 Å². The number of aliphatic hydroxyl groups is 1. The Hall–Kier alpha value is -0.230. The van der Waals surface area contributed by atoms with E-state index in [1.165, 1.54) is 0 Å². The molecule has 1 aromatic rings. The molecule has 2 atom stereocenters. The van der Waals surface area contributed by atoms with E-state index < -0.39 is 6.10 Å². The van der Waals surface area contributed by atoms with Crippen molar-refractivity contribution in [3.05, 3.63) is 28.2 Å². The maximum Gasteiger partial charge on any atom is 0.119 e. The fourth-order valence-electron chi connectivity index (χ4n) is 1.92. The van der Waals surface area contributed by atoms with Crippen LogP contribution in [-0.2, 0) is 11.2 Å². The SMILES string of the molecule is COc1ccc(Br)c(CC(O)C2CSCCO2)c1. The Bertz CT molecular complexity index is 394. The molecule has 18 heavy (non-hydrogen) atoms. The van der Waals surface area contributed by atoms with Crippen molar-refractivity contribution in [1.29, 1.82) is 0 Å². The zero-order valence-electron chi connectivity index (χ0n) is 10.3. The van der Waals surface area contributed by atoms with Crippen LogP contribution in [0.15, 0.2) is 22.7 Å². The van der Waals surface area contributed by atoms with Crippen LogP contribution >= 0.6 is 27.7 Å². The molecule has 5 heteroatoms.